The van der Waals surface area contributed by atoms with Crippen LogP contribution in [-0.2, 0) is 17.6 Å². The Labute approximate surface area is 161 Å². The van der Waals surface area contributed by atoms with Crippen LogP contribution >= 0.6 is 0 Å². The van der Waals surface area contributed by atoms with Crippen LogP contribution in [0.15, 0.2) is 47.2 Å². The van der Waals surface area contributed by atoms with Gasteiger partial charge in [-0.2, -0.15) is 0 Å². The van der Waals surface area contributed by atoms with E-state index in [1.807, 2.05) is 24.4 Å². The molecule has 28 heavy (non-hydrogen) atoms. The van der Waals surface area contributed by atoms with Crippen LogP contribution in [0.25, 0.3) is 21.9 Å². The summed E-state index contributed by atoms with van der Waals surface area (Å²) in [6.07, 6.45) is 4.51. The van der Waals surface area contributed by atoms with E-state index in [1.165, 1.54) is 20.3 Å². The van der Waals surface area contributed by atoms with Crippen molar-refractivity contribution in [1.29, 1.82) is 0 Å². The molecule has 0 atom stereocenters. The minimum absolute atomic E-state index is 0.00115. The van der Waals surface area contributed by atoms with Gasteiger partial charge in [-0.05, 0) is 37.5 Å². The summed E-state index contributed by atoms with van der Waals surface area (Å²) in [6.45, 7) is 1.51. The number of aromatic hydroxyl groups is 1. The highest BCUT2D eigenvalue weighted by Gasteiger charge is 2.22. The molecule has 0 aliphatic carbocycles. The molecule has 0 fully saturated rings. The van der Waals surface area contributed by atoms with Gasteiger partial charge in [-0.25, -0.2) is 0 Å². The fourth-order valence-corrected chi connectivity index (χ4v) is 3.63. The predicted molar refractivity (Wildman–Crippen MR) is 106 cm³/mol. The lowest BCUT2D eigenvalue weighted by Gasteiger charge is -2.15. The van der Waals surface area contributed by atoms with Gasteiger partial charge in [-0.3, -0.25) is 4.79 Å². The van der Waals surface area contributed by atoms with Crippen LogP contribution in [0.3, 0.4) is 0 Å². The average Bonchev–Trinajstić information content (AvgIpc) is 3.28. The molecule has 0 amide bonds. The number of fused-ring (bicyclic) bond motifs is 2. The van der Waals surface area contributed by atoms with Gasteiger partial charge in [0.25, 0.3) is 0 Å². The Bertz CT molecular complexity index is 1150. The number of H-pyrrole nitrogens is 1. The van der Waals surface area contributed by atoms with Gasteiger partial charge < -0.3 is 24.0 Å². The van der Waals surface area contributed by atoms with E-state index in [-0.39, 0.29) is 18.3 Å². The number of hydrogen-bond donors (Lipinski definition) is 2. The van der Waals surface area contributed by atoms with Crippen molar-refractivity contribution in [2.24, 2.45) is 0 Å². The highest BCUT2D eigenvalue weighted by molar-refractivity contribution is 6.03. The van der Waals surface area contributed by atoms with Crippen LogP contribution < -0.4 is 4.74 Å². The van der Waals surface area contributed by atoms with Crippen molar-refractivity contribution in [3.63, 3.8) is 0 Å². The minimum atomic E-state index is -0.0889. The molecule has 144 valence electrons. The van der Waals surface area contributed by atoms with Crippen LogP contribution in [0.4, 0.5) is 0 Å². The molecule has 0 spiro atoms. The van der Waals surface area contributed by atoms with Crippen LogP contribution in [0.2, 0.25) is 0 Å². The highest BCUT2D eigenvalue weighted by atomic mass is 16.7. The van der Waals surface area contributed by atoms with E-state index < -0.39 is 0 Å². The quantitative estimate of drug-likeness (QED) is 0.362. The van der Waals surface area contributed by atoms with Crippen LogP contribution in [0.5, 0.6) is 11.5 Å². The number of aromatic amines is 1. The van der Waals surface area contributed by atoms with E-state index in [1.54, 1.807) is 6.07 Å². The third kappa shape index (κ3) is 3.12. The molecule has 6 nitrogen and oxygen atoms in total. The maximum absolute atomic E-state index is 12.3. The Balaban J connectivity index is 1.80. The van der Waals surface area contributed by atoms with Crippen molar-refractivity contribution >= 4 is 27.7 Å². The molecule has 2 N–H and O–H groups in total. The van der Waals surface area contributed by atoms with E-state index in [9.17, 15) is 9.90 Å². The second-order valence-corrected chi connectivity index (χ2v) is 6.69. The monoisotopic (exact) mass is 379 g/mol. The number of nitrogens with one attached hydrogen (secondary N) is 1. The molecule has 4 rings (SSSR count). The number of methoxy groups -OCH3 is 1. The number of carbonyl (C=O) groups excluding carboxylic acids is 1. The third-order valence-corrected chi connectivity index (χ3v) is 4.92. The van der Waals surface area contributed by atoms with E-state index in [0.29, 0.717) is 35.1 Å². The second kappa shape index (κ2) is 7.40. The van der Waals surface area contributed by atoms with E-state index >= 15 is 0 Å². The molecule has 0 saturated carbocycles. The number of benzene rings is 2. The normalized spacial score (nSPS) is 11.4. The Morgan fingerprint density at radius 1 is 1.25 bits per heavy atom. The molecule has 2 aromatic carbocycles. The van der Waals surface area contributed by atoms with Crippen molar-refractivity contribution < 1.29 is 23.8 Å². The number of hydrogen-bond acceptors (Lipinski definition) is 5. The summed E-state index contributed by atoms with van der Waals surface area (Å²) >= 11 is 0. The summed E-state index contributed by atoms with van der Waals surface area (Å²) in [6, 6.07) is 9.76. The number of ether oxygens (including phenoxy) is 2. The van der Waals surface area contributed by atoms with Crippen molar-refractivity contribution in [3.05, 3.63) is 59.5 Å². The molecule has 2 aromatic heterocycles. The maximum atomic E-state index is 12.3. The summed E-state index contributed by atoms with van der Waals surface area (Å²) in [4.78, 5) is 15.6. The number of aryl methyl sites for hydroxylation is 1. The first-order valence-corrected chi connectivity index (χ1v) is 9.04. The molecule has 0 bridgehead atoms. The van der Waals surface area contributed by atoms with Gasteiger partial charge in [0, 0.05) is 35.3 Å². The summed E-state index contributed by atoms with van der Waals surface area (Å²) < 4.78 is 16.2. The molecule has 0 unspecified atom stereocenters. The van der Waals surface area contributed by atoms with Crippen molar-refractivity contribution in [2.75, 3.05) is 13.9 Å². The van der Waals surface area contributed by atoms with Gasteiger partial charge >= 0.3 is 0 Å². The molecular formula is C22H21NO5. The van der Waals surface area contributed by atoms with Gasteiger partial charge in [0.15, 0.2) is 18.3 Å². The molecule has 2 heterocycles. The average molecular weight is 379 g/mol. The second-order valence-electron chi connectivity index (χ2n) is 6.69. The van der Waals surface area contributed by atoms with Gasteiger partial charge in [0.1, 0.15) is 23.0 Å². The Kier molecular flexibility index (Phi) is 4.79. The van der Waals surface area contributed by atoms with Crippen molar-refractivity contribution in [1.82, 2.24) is 4.98 Å². The third-order valence-electron chi connectivity index (χ3n) is 4.92. The predicted octanol–water partition coefficient (Wildman–Crippen LogP) is 4.59. The van der Waals surface area contributed by atoms with Gasteiger partial charge in [-0.15, -0.1) is 0 Å². The van der Waals surface area contributed by atoms with E-state index in [0.717, 1.165) is 22.0 Å². The summed E-state index contributed by atoms with van der Waals surface area (Å²) in [5.41, 5.74) is 3.89. The first kappa shape index (κ1) is 18.1. The number of carbonyl (C=O) groups is 1. The Morgan fingerprint density at radius 2 is 2.07 bits per heavy atom. The van der Waals surface area contributed by atoms with Gasteiger partial charge in [0.2, 0.25) is 0 Å². The fourth-order valence-electron chi connectivity index (χ4n) is 3.63. The zero-order valence-corrected chi connectivity index (χ0v) is 15.7. The van der Waals surface area contributed by atoms with Crippen LogP contribution in [0, 0.1) is 0 Å². The molecule has 4 aromatic rings. The molecule has 0 aliphatic heterocycles. The Morgan fingerprint density at radius 3 is 2.86 bits per heavy atom. The number of Topliss-reactive ketones (excluding diaryl/α,β-unsaturated/α-hetero) is 1. The number of ketones is 1. The molecule has 0 saturated heterocycles. The number of aromatic nitrogens is 1. The number of furan rings is 1. The van der Waals surface area contributed by atoms with Gasteiger partial charge in [0.05, 0.1) is 0 Å². The fraction of sp³-hybridized carbons (Fsp3) is 0.227. The first-order valence-electron chi connectivity index (χ1n) is 9.04. The van der Waals surface area contributed by atoms with Crippen molar-refractivity contribution in [2.45, 2.75) is 19.8 Å². The number of para-hydroxylation sites is 1. The van der Waals surface area contributed by atoms with E-state index in [4.69, 9.17) is 13.9 Å². The highest BCUT2D eigenvalue weighted by Crippen LogP contribution is 2.40. The SMILES string of the molecule is COCOc1c(CCc2c[nH]c3ccccc23)c(C(C)=O)cc2occ(O)c12. The Hall–Kier alpha value is -3.25. The summed E-state index contributed by atoms with van der Waals surface area (Å²) in [5.74, 6) is 0.314. The van der Waals surface area contributed by atoms with E-state index in [2.05, 4.69) is 11.1 Å². The lowest BCUT2D eigenvalue weighted by Crippen LogP contribution is -2.08. The molecule has 6 heteroatoms. The van der Waals surface area contributed by atoms with Crippen LogP contribution in [0.1, 0.15) is 28.4 Å². The largest absolute Gasteiger partial charge is 0.504 e. The zero-order chi connectivity index (χ0) is 19.7. The molecule has 0 aliphatic rings. The first-order chi connectivity index (χ1) is 13.6. The molecular weight excluding hydrogens is 358 g/mol. The lowest BCUT2D eigenvalue weighted by molar-refractivity contribution is 0.0514. The van der Waals surface area contributed by atoms with Crippen molar-refractivity contribution in [3.8, 4) is 11.5 Å². The number of rotatable bonds is 7. The van der Waals surface area contributed by atoms with Gasteiger partial charge in [-0.1, -0.05) is 18.2 Å². The molecule has 0 radical (unpaired) electrons. The lowest BCUT2D eigenvalue weighted by atomic mass is 9.94. The summed E-state index contributed by atoms with van der Waals surface area (Å²) in [7, 11) is 1.52. The summed E-state index contributed by atoms with van der Waals surface area (Å²) in [5, 5.41) is 11.8. The maximum Gasteiger partial charge on any atom is 0.188 e. The topological polar surface area (TPSA) is 84.7 Å². The van der Waals surface area contributed by atoms with Crippen LogP contribution in [-0.4, -0.2) is 29.8 Å². The smallest absolute Gasteiger partial charge is 0.188 e. The minimum Gasteiger partial charge on any atom is -0.504 e. The standard InChI is InChI=1S/C22H21NO5/c1-13(24)17-9-20-21(19(25)11-27-20)22(28-12-26-2)16(17)8-7-14-10-23-18-6-4-3-5-15(14)18/h3-6,9-11,23,25H,7-8,12H2,1-2H3. The zero-order valence-electron chi connectivity index (χ0n) is 15.7.